The summed E-state index contributed by atoms with van der Waals surface area (Å²) in [5, 5.41) is 4.15. The molecule has 0 saturated carbocycles. The lowest BCUT2D eigenvalue weighted by Gasteiger charge is -2.13. The van der Waals surface area contributed by atoms with E-state index in [1.807, 2.05) is 26.0 Å². The number of methoxy groups -OCH3 is 1. The Balaban J connectivity index is 1.79. The number of rotatable bonds is 6. The van der Waals surface area contributed by atoms with Gasteiger partial charge in [0.1, 0.15) is 18.1 Å². The van der Waals surface area contributed by atoms with E-state index in [1.165, 1.54) is 0 Å². The Hall–Kier alpha value is -2.69. The second-order valence-electron chi connectivity index (χ2n) is 6.64. The van der Waals surface area contributed by atoms with Gasteiger partial charge in [-0.05, 0) is 73.5 Å². The van der Waals surface area contributed by atoms with Gasteiger partial charge in [0, 0.05) is 26.9 Å². The molecule has 0 aromatic heterocycles. The summed E-state index contributed by atoms with van der Waals surface area (Å²) in [6.07, 6.45) is 0. The normalized spacial score (nSPS) is 10.5. The molecule has 1 amide bonds. The molecule has 0 heterocycles. The summed E-state index contributed by atoms with van der Waals surface area (Å²) in [7, 11) is 1.58. The standard InChI is InChI=1S/C23H21Cl2NO3/c1-14-4-6-18(24)12-21(14)26-23(27)16-5-9-22(28-3)17(11-16)13-29-19-7-8-20(25)15(2)10-19/h4-12H,13H2,1-3H3,(H,26,27). The molecular weight excluding hydrogens is 409 g/mol. The van der Waals surface area contributed by atoms with Crippen LogP contribution in [0.25, 0.3) is 0 Å². The highest BCUT2D eigenvalue weighted by Crippen LogP contribution is 2.26. The Morgan fingerprint density at radius 1 is 0.966 bits per heavy atom. The summed E-state index contributed by atoms with van der Waals surface area (Å²) >= 11 is 12.1. The van der Waals surface area contributed by atoms with Crippen LogP contribution in [0, 0.1) is 13.8 Å². The molecule has 0 aliphatic carbocycles. The fraction of sp³-hybridized carbons (Fsp3) is 0.174. The van der Waals surface area contributed by atoms with Crippen molar-refractivity contribution in [2.24, 2.45) is 0 Å². The van der Waals surface area contributed by atoms with Crippen LogP contribution in [0.5, 0.6) is 11.5 Å². The molecule has 3 rings (SSSR count). The Morgan fingerprint density at radius 2 is 1.76 bits per heavy atom. The molecule has 0 spiro atoms. The Kier molecular flexibility index (Phi) is 6.68. The number of carbonyl (C=O) groups is 1. The first kappa shape index (κ1) is 21.0. The van der Waals surface area contributed by atoms with Gasteiger partial charge in [-0.15, -0.1) is 0 Å². The maximum Gasteiger partial charge on any atom is 0.255 e. The van der Waals surface area contributed by atoms with Crippen LogP contribution in [0.4, 0.5) is 5.69 Å². The predicted octanol–water partition coefficient (Wildman–Crippen LogP) is 6.45. The van der Waals surface area contributed by atoms with E-state index < -0.39 is 0 Å². The van der Waals surface area contributed by atoms with Gasteiger partial charge in [0.25, 0.3) is 5.91 Å². The molecule has 0 saturated heterocycles. The quantitative estimate of drug-likeness (QED) is 0.489. The zero-order valence-electron chi connectivity index (χ0n) is 16.4. The van der Waals surface area contributed by atoms with Crippen molar-refractivity contribution in [3.8, 4) is 11.5 Å². The van der Waals surface area contributed by atoms with E-state index in [0.717, 1.165) is 16.7 Å². The van der Waals surface area contributed by atoms with Crippen molar-refractivity contribution in [1.29, 1.82) is 0 Å². The van der Waals surface area contributed by atoms with Crippen molar-refractivity contribution in [2.45, 2.75) is 20.5 Å². The average molecular weight is 430 g/mol. The zero-order valence-corrected chi connectivity index (χ0v) is 17.9. The van der Waals surface area contributed by atoms with Gasteiger partial charge < -0.3 is 14.8 Å². The van der Waals surface area contributed by atoms with Crippen LogP contribution in [-0.2, 0) is 6.61 Å². The SMILES string of the molecule is COc1ccc(C(=O)Nc2cc(Cl)ccc2C)cc1COc1ccc(Cl)c(C)c1. The maximum atomic E-state index is 12.7. The van der Waals surface area contributed by atoms with Gasteiger partial charge in [0.15, 0.2) is 0 Å². The van der Waals surface area contributed by atoms with Gasteiger partial charge in [0.05, 0.1) is 7.11 Å². The highest BCUT2D eigenvalue weighted by molar-refractivity contribution is 6.31. The van der Waals surface area contributed by atoms with Gasteiger partial charge >= 0.3 is 0 Å². The maximum absolute atomic E-state index is 12.7. The molecule has 29 heavy (non-hydrogen) atoms. The number of hydrogen-bond acceptors (Lipinski definition) is 3. The van der Waals surface area contributed by atoms with Crippen LogP contribution in [-0.4, -0.2) is 13.0 Å². The van der Waals surface area contributed by atoms with E-state index in [1.54, 1.807) is 49.6 Å². The third kappa shape index (κ3) is 5.22. The van der Waals surface area contributed by atoms with Crippen LogP contribution in [0.15, 0.2) is 54.6 Å². The minimum absolute atomic E-state index is 0.235. The number of benzene rings is 3. The number of halogens is 2. The van der Waals surface area contributed by atoms with Crippen molar-refractivity contribution in [1.82, 2.24) is 0 Å². The van der Waals surface area contributed by atoms with Gasteiger partial charge in [-0.2, -0.15) is 0 Å². The van der Waals surface area contributed by atoms with Crippen LogP contribution in [0.1, 0.15) is 27.0 Å². The molecule has 0 aliphatic heterocycles. The number of hydrogen-bond donors (Lipinski definition) is 1. The topological polar surface area (TPSA) is 47.6 Å². The fourth-order valence-electron chi connectivity index (χ4n) is 2.82. The number of carbonyl (C=O) groups excluding carboxylic acids is 1. The molecule has 6 heteroatoms. The average Bonchev–Trinajstić information content (AvgIpc) is 2.71. The van der Waals surface area contributed by atoms with E-state index in [4.69, 9.17) is 32.7 Å². The first-order valence-corrected chi connectivity index (χ1v) is 9.76. The van der Waals surface area contributed by atoms with Gasteiger partial charge in [-0.25, -0.2) is 0 Å². The summed E-state index contributed by atoms with van der Waals surface area (Å²) in [6.45, 7) is 4.08. The lowest BCUT2D eigenvalue weighted by atomic mass is 10.1. The second kappa shape index (κ2) is 9.21. The number of nitrogens with one attached hydrogen (secondary N) is 1. The molecule has 3 aromatic carbocycles. The van der Waals surface area contributed by atoms with Crippen LogP contribution in [0.3, 0.4) is 0 Å². The van der Waals surface area contributed by atoms with Crippen molar-refractivity contribution in [2.75, 3.05) is 12.4 Å². The smallest absolute Gasteiger partial charge is 0.255 e. The summed E-state index contributed by atoms with van der Waals surface area (Å²) in [4.78, 5) is 12.7. The molecule has 0 unspecified atom stereocenters. The monoisotopic (exact) mass is 429 g/mol. The number of aryl methyl sites for hydroxylation is 2. The molecular formula is C23H21Cl2NO3. The van der Waals surface area contributed by atoms with Crippen molar-refractivity contribution >= 4 is 34.8 Å². The van der Waals surface area contributed by atoms with E-state index in [2.05, 4.69) is 5.32 Å². The second-order valence-corrected chi connectivity index (χ2v) is 7.48. The van der Waals surface area contributed by atoms with Crippen molar-refractivity contribution in [3.05, 3.63) is 86.9 Å². The Morgan fingerprint density at radius 3 is 2.48 bits per heavy atom. The largest absolute Gasteiger partial charge is 0.496 e. The number of amides is 1. The van der Waals surface area contributed by atoms with Crippen LogP contribution < -0.4 is 14.8 Å². The summed E-state index contributed by atoms with van der Waals surface area (Å²) in [5.74, 6) is 1.10. The molecule has 3 aromatic rings. The van der Waals surface area contributed by atoms with Gasteiger partial charge in [0.2, 0.25) is 0 Å². The number of ether oxygens (including phenoxy) is 2. The lowest BCUT2D eigenvalue weighted by molar-refractivity contribution is 0.102. The first-order chi connectivity index (χ1) is 13.9. The van der Waals surface area contributed by atoms with Crippen molar-refractivity contribution in [3.63, 3.8) is 0 Å². The summed E-state index contributed by atoms with van der Waals surface area (Å²) < 4.78 is 11.3. The molecule has 0 aliphatic rings. The Bertz CT molecular complexity index is 1050. The van der Waals surface area contributed by atoms with E-state index in [9.17, 15) is 4.79 Å². The third-order valence-electron chi connectivity index (χ3n) is 4.51. The molecule has 0 bridgehead atoms. The molecule has 0 fully saturated rings. The van der Waals surface area contributed by atoms with E-state index in [0.29, 0.717) is 32.8 Å². The lowest BCUT2D eigenvalue weighted by Crippen LogP contribution is -2.13. The molecule has 0 atom stereocenters. The number of anilines is 1. The van der Waals surface area contributed by atoms with Crippen LogP contribution >= 0.6 is 23.2 Å². The summed E-state index contributed by atoms with van der Waals surface area (Å²) in [6, 6.07) is 16.1. The molecule has 0 radical (unpaired) electrons. The minimum atomic E-state index is -0.235. The highest BCUT2D eigenvalue weighted by Gasteiger charge is 2.13. The van der Waals surface area contributed by atoms with Crippen molar-refractivity contribution < 1.29 is 14.3 Å². The van der Waals surface area contributed by atoms with E-state index in [-0.39, 0.29) is 12.5 Å². The van der Waals surface area contributed by atoms with Crippen LogP contribution in [0.2, 0.25) is 10.0 Å². The molecule has 1 N–H and O–H groups in total. The Labute approximate surface area is 180 Å². The van der Waals surface area contributed by atoms with Gasteiger partial charge in [-0.3, -0.25) is 4.79 Å². The van der Waals surface area contributed by atoms with E-state index >= 15 is 0 Å². The minimum Gasteiger partial charge on any atom is -0.496 e. The molecule has 150 valence electrons. The predicted molar refractivity (Wildman–Crippen MR) is 118 cm³/mol. The highest BCUT2D eigenvalue weighted by atomic mass is 35.5. The summed E-state index contributed by atoms with van der Waals surface area (Å²) in [5.41, 5.74) is 3.79. The fourth-order valence-corrected chi connectivity index (χ4v) is 3.11. The third-order valence-corrected chi connectivity index (χ3v) is 5.17. The van der Waals surface area contributed by atoms with Gasteiger partial charge in [-0.1, -0.05) is 29.3 Å². The first-order valence-electron chi connectivity index (χ1n) is 9.00. The molecule has 4 nitrogen and oxygen atoms in total. The zero-order chi connectivity index (χ0) is 21.0.